The number of piperidine rings is 1. The Morgan fingerprint density at radius 1 is 0.912 bits per heavy atom. The van der Waals surface area contributed by atoms with E-state index in [-0.39, 0.29) is 23.2 Å². The van der Waals surface area contributed by atoms with E-state index in [0.29, 0.717) is 12.3 Å². The molecule has 2 fully saturated rings. The van der Waals surface area contributed by atoms with Gasteiger partial charge in [0.05, 0.1) is 0 Å². The standard InChI is InChI=1S/C30H34N2O2/c33-28-14-8-7-13-25(28)22-32-19-16-30(17-20-32)21-27(30)29(34)31-18-15-26(23-9-3-1-4-10-23)24-11-5-2-6-12-24/h1-14,26-27,33H,15-22H2,(H,31,34)/t27-/m0/s1. The number of carbonyl (C=O) groups excluding carboxylic acids is 1. The van der Waals surface area contributed by atoms with Crippen molar-refractivity contribution in [2.75, 3.05) is 19.6 Å². The zero-order valence-electron chi connectivity index (χ0n) is 19.7. The van der Waals surface area contributed by atoms with Gasteiger partial charge in [-0.25, -0.2) is 0 Å². The first kappa shape index (κ1) is 22.7. The van der Waals surface area contributed by atoms with Gasteiger partial charge in [0.25, 0.3) is 0 Å². The van der Waals surface area contributed by atoms with Crippen LogP contribution in [0.25, 0.3) is 0 Å². The lowest BCUT2D eigenvalue weighted by atomic mass is 9.88. The second-order valence-corrected chi connectivity index (χ2v) is 9.98. The minimum Gasteiger partial charge on any atom is -0.508 e. The van der Waals surface area contributed by atoms with Gasteiger partial charge in [-0.3, -0.25) is 9.69 Å². The van der Waals surface area contributed by atoms with Gasteiger partial charge in [0.15, 0.2) is 0 Å². The summed E-state index contributed by atoms with van der Waals surface area (Å²) in [6.07, 6.45) is 4.04. The van der Waals surface area contributed by atoms with E-state index in [0.717, 1.165) is 50.9 Å². The van der Waals surface area contributed by atoms with Gasteiger partial charge in [-0.1, -0.05) is 78.9 Å². The van der Waals surface area contributed by atoms with Gasteiger partial charge in [-0.15, -0.1) is 0 Å². The minimum absolute atomic E-state index is 0.159. The number of benzene rings is 3. The number of carbonyl (C=O) groups is 1. The van der Waals surface area contributed by atoms with E-state index in [1.165, 1.54) is 11.1 Å². The van der Waals surface area contributed by atoms with Gasteiger partial charge in [-0.2, -0.15) is 0 Å². The van der Waals surface area contributed by atoms with Crippen molar-refractivity contribution in [3.05, 3.63) is 102 Å². The number of aromatic hydroxyl groups is 1. The zero-order valence-corrected chi connectivity index (χ0v) is 19.7. The first-order valence-electron chi connectivity index (χ1n) is 12.5. The van der Waals surface area contributed by atoms with Crippen LogP contribution in [0.4, 0.5) is 0 Å². The van der Waals surface area contributed by atoms with Crippen molar-refractivity contribution in [3.63, 3.8) is 0 Å². The van der Waals surface area contributed by atoms with Crippen LogP contribution < -0.4 is 5.32 Å². The van der Waals surface area contributed by atoms with Gasteiger partial charge in [0.1, 0.15) is 5.75 Å². The summed E-state index contributed by atoms with van der Waals surface area (Å²) < 4.78 is 0. The summed E-state index contributed by atoms with van der Waals surface area (Å²) in [4.78, 5) is 15.4. The number of likely N-dealkylation sites (tertiary alicyclic amines) is 1. The molecule has 1 aliphatic heterocycles. The SMILES string of the molecule is O=C(NCCC(c1ccccc1)c1ccccc1)[C@@H]1CC12CCN(Cc1ccccc1O)CC2. The lowest BCUT2D eigenvalue weighted by Gasteiger charge is -2.33. The first-order chi connectivity index (χ1) is 16.6. The summed E-state index contributed by atoms with van der Waals surface area (Å²) in [5.41, 5.74) is 3.76. The Balaban J connectivity index is 1.12. The van der Waals surface area contributed by atoms with Gasteiger partial charge in [0.2, 0.25) is 5.91 Å². The van der Waals surface area contributed by atoms with E-state index in [1.807, 2.05) is 30.3 Å². The summed E-state index contributed by atoms with van der Waals surface area (Å²) in [5.74, 6) is 1.05. The van der Waals surface area contributed by atoms with Crippen molar-refractivity contribution in [1.82, 2.24) is 10.2 Å². The molecule has 1 atom stereocenters. The highest BCUT2D eigenvalue weighted by atomic mass is 16.3. The molecule has 1 heterocycles. The predicted octanol–water partition coefficient (Wildman–Crippen LogP) is 5.33. The van der Waals surface area contributed by atoms with Gasteiger partial charge < -0.3 is 10.4 Å². The third kappa shape index (κ3) is 5.02. The summed E-state index contributed by atoms with van der Waals surface area (Å²) in [7, 11) is 0. The molecular formula is C30H34N2O2. The van der Waals surface area contributed by atoms with E-state index < -0.39 is 0 Å². The Morgan fingerprint density at radius 2 is 1.50 bits per heavy atom. The lowest BCUT2D eigenvalue weighted by molar-refractivity contribution is -0.123. The number of amides is 1. The molecule has 3 aromatic carbocycles. The molecule has 176 valence electrons. The summed E-state index contributed by atoms with van der Waals surface area (Å²) in [6.45, 7) is 3.45. The minimum atomic E-state index is 0.159. The molecule has 1 saturated carbocycles. The highest BCUT2D eigenvalue weighted by Crippen LogP contribution is 2.59. The monoisotopic (exact) mass is 454 g/mol. The van der Waals surface area contributed by atoms with Gasteiger partial charge in [-0.05, 0) is 61.4 Å². The normalized spacial score (nSPS) is 19.3. The fourth-order valence-corrected chi connectivity index (χ4v) is 5.67. The average Bonchev–Trinajstić information content (AvgIpc) is 3.59. The third-order valence-electron chi connectivity index (χ3n) is 7.88. The number of hydrogen-bond donors (Lipinski definition) is 2. The molecular weight excluding hydrogens is 420 g/mol. The molecule has 34 heavy (non-hydrogen) atoms. The summed E-state index contributed by atoms with van der Waals surface area (Å²) in [6, 6.07) is 28.7. The van der Waals surface area contributed by atoms with Crippen LogP contribution in [0.1, 0.15) is 48.3 Å². The van der Waals surface area contributed by atoms with Crippen molar-refractivity contribution < 1.29 is 9.90 Å². The number of para-hydroxylation sites is 1. The first-order valence-corrected chi connectivity index (χ1v) is 12.5. The maximum atomic E-state index is 13.0. The molecule has 2 N–H and O–H groups in total. The molecule has 3 aromatic rings. The summed E-state index contributed by atoms with van der Waals surface area (Å²) in [5, 5.41) is 13.3. The van der Waals surface area contributed by atoms with Gasteiger partial charge >= 0.3 is 0 Å². The molecule has 1 spiro atoms. The van der Waals surface area contributed by atoms with Crippen LogP contribution in [0.5, 0.6) is 5.75 Å². The van der Waals surface area contributed by atoms with Crippen molar-refractivity contribution in [3.8, 4) is 5.75 Å². The third-order valence-corrected chi connectivity index (χ3v) is 7.88. The largest absolute Gasteiger partial charge is 0.508 e. The van der Waals surface area contributed by atoms with Crippen LogP contribution in [0.2, 0.25) is 0 Å². The molecule has 2 aliphatic rings. The van der Waals surface area contributed by atoms with Crippen LogP contribution in [0, 0.1) is 11.3 Å². The summed E-state index contributed by atoms with van der Waals surface area (Å²) >= 11 is 0. The lowest BCUT2D eigenvalue weighted by Crippen LogP contribution is -2.37. The van der Waals surface area contributed by atoms with Crippen LogP contribution >= 0.6 is 0 Å². The maximum Gasteiger partial charge on any atom is 0.223 e. The van der Waals surface area contributed by atoms with E-state index >= 15 is 0 Å². The number of rotatable bonds is 8. The van der Waals surface area contributed by atoms with Crippen LogP contribution in [-0.2, 0) is 11.3 Å². The van der Waals surface area contributed by atoms with Crippen molar-refractivity contribution in [2.24, 2.45) is 11.3 Å². The van der Waals surface area contributed by atoms with Crippen molar-refractivity contribution in [2.45, 2.75) is 38.1 Å². The topological polar surface area (TPSA) is 52.6 Å². The van der Waals surface area contributed by atoms with Crippen LogP contribution in [-0.4, -0.2) is 35.5 Å². The highest BCUT2D eigenvalue weighted by Gasteiger charge is 2.58. The van der Waals surface area contributed by atoms with E-state index in [9.17, 15) is 9.90 Å². The number of phenols is 1. The second kappa shape index (κ2) is 10.0. The Hall–Kier alpha value is -3.11. The second-order valence-electron chi connectivity index (χ2n) is 9.98. The molecule has 5 rings (SSSR count). The molecule has 4 heteroatoms. The molecule has 0 unspecified atom stereocenters. The number of hydrogen-bond acceptors (Lipinski definition) is 3. The number of phenolic OH excluding ortho intramolecular Hbond substituents is 1. The smallest absolute Gasteiger partial charge is 0.223 e. The van der Waals surface area contributed by atoms with E-state index in [4.69, 9.17) is 0 Å². The van der Waals surface area contributed by atoms with Crippen molar-refractivity contribution in [1.29, 1.82) is 0 Å². The Labute approximate surface area is 202 Å². The van der Waals surface area contributed by atoms with Crippen molar-refractivity contribution >= 4 is 5.91 Å². The zero-order chi connectivity index (χ0) is 23.4. The van der Waals surface area contributed by atoms with E-state index in [1.54, 1.807) is 6.07 Å². The van der Waals surface area contributed by atoms with Crippen LogP contribution in [0.15, 0.2) is 84.9 Å². The molecule has 1 amide bonds. The number of nitrogens with zero attached hydrogens (tertiary/aromatic N) is 1. The molecule has 1 saturated heterocycles. The Morgan fingerprint density at radius 3 is 2.12 bits per heavy atom. The molecule has 1 aliphatic carbocycles. The quantitative estimate of drug-likeness (QED) is 0.484. The highest BCUT2D eigenvalue weighted by molar-refractivity contribution is 5.82. The fraction of sp³-hybridized carbons (Fsp3) is 0.367. The molecule has 0 bridgehead atoms. The Bertz CT molecular complexity index is 1050. The molecule has 0 radical (unpaired) electrons. The Kier molecular flexibility index (Phi) is 6.68. The fourth-order valence-electron chi connectivity index (χ4n) is 5.67. The maximum absolute atomic E-state index is 13.0. The predicted molar refractivity (Wildman–Crippen MR) is 136 cm³/mol. The van der Waals surface area contributed by atoms with Crippen LogP contribution in [0.3, 0.4) is 0 Å². The number of nitrogens with one attached hydrogen (secondary N) is 1. The van der Waals surface area contributed by atoms with E-state index in [2.05, 4.69) is 58.7 Å². The molecule has 4 nitrogen and oxygen atoms in total. The average molecular weight is 455 g/mol. The van der Waals surface area contributed by atoms with Gasteiger partial charge in [0, 0.05) is 30.5 Å². The molecule has 0 aromatic heterocycles.